The smallest absolute Gasteiger partial charge is 0.419 e. The number of hydrogen-bond donors (Lipinski definition) is 2. The number of nitrogens with one attached hydrogen (secondary N) is 1. The molecular weight excluding hydrogens is 259 g/mol. The van der Waals surface area contributed by atoms with Crippen LogP contribution in [0.15, 0.2) is 24.3 Å². The molecule has 106 valence electrons. The molecule has 0 aliphatic heterocycles. The number of aliphatic hydroxyl groups is 1. The van der Waals surface area contributed by atoms with E-state index >= 15 is 0 Å². The van der Waals surface area contributed by atoms with E-state index in [9.17, 15) is 13.2 Å². The Labute approximate surface area is 109 Å². The fraction of sp³-hybridized carbons (Fsp3) is 0.538. The predicted molar refractivity (Wildman–Crippen MR) is 64.0 cm³/mol. The number of rotatable bonds is 6. The van der Waals surface area contributed by atoms with Crippen LogP contribution in [0, 0.1) is 0 Å². The lowest BCUT2D eigenvalue weighted by Gasteiger charge is -2.19. The van der Waals surface area contributed by atoms with Gasteiger partial charge in [0.1, 0.15) is 12.4 Å². The zero-order valence-corrected chi connectivity index (χ0v) is 10.3. The van der Waals surface area contributed by atoms with Crippen molar-refractivity contribution in [2.45, 2.75) is 31.1 Å². The first-order valence-electron chi connectivity index (χ1n) is 6.16. The zero-order valence-electron chi connectivity index (χ0n) is 10.3. The van der Waals surface area contributed by atoms with Crippen molar-refractivity contribution in [3.05, 3.63) is 29.8 Å². The SMILES string of the molecule is OCC(COc1ccccc1C(F)(F)F)NC1CC1. The van der Waals surface area contributed by atoms with Crippen LogP contribution in [0.3, 0.4) is 0 Å². The molecule has 1 aromatic carbocycles. The van der Waals surface area contributed by atoms with Crippen LogP contribution in [0.25, 0.3) is 0 Å². The van der Waals surface area contributed by atoms with Crippen LogP contribution in [-0.4, -0.2) is 30.4 Å². The van der Waals surface area contributed by atoms with Crippen molar-refractivity contribution < 1.29 is 23.0 Å². The Morgan fingerprint density at radius 3 is 2.58 bits per heavy atom. The maximum atomic E-state index is 12.7. The van der Waals surface area contributed by atoms with E-state index in [-0.39, 0.29) is 25.0 Å². The highest BCUT2D eigenvalue weighted by Crippen LogP contribution is 2.35. The molecule has 1 saturated carbocycles. The first-order chi connectivity index (χ1) is 9.00. The van der Waals surface area contributed by atoms with Gasteiger partial charge in [-0.05, 0) is 25.0 Å². The van der Waals surface area contributed by atoms with Crippen LogP contribution < -0.4 is 10.1 Å². The van der Waals surface area contributed by atoms with E-state index in [2.05, 4.69) is 5.32 Å². The van der Waals surface area contributed by atoms with Gasteiger partial charge >= 0.3 is 6.18 Å². The molecule has 1 fully saturated rings. The Bertz CT molecular complexity index is 419. The van der Waals surface area contributed by atoms with Crippen molar-refractivity contribution in [2.24, 2.45) is 0 Å². The number of ether oxygens (including phenoxy) is 1. The third kappa shape index (κ3) is 4.11. The molecule has 1 aliphatic rings. The van der Waals surface area contributed by atoms with Gasteiger partial charge in [-0.3, -0.25) is 0 Å². The molecule has 0 aromatic heterocycles. The Morgan fingerprint density at radius 1 is 1.32 bits per heavy atom. The van der Waals surface area contributed by atoms with E-state index in [4.69, 9.17) is 9.84 Å². The highest BCUT2D eigenvalue weighted by molar-refractivity contribution is 5.35. The van der Waals surface area contributed by atoms with Gasteiger partial charge in [0.2, 0.25) is 0 Å². The van der Waals surface area contributed by atoms with Crippen LogP contribution in [0.4, 0.5) is 13.2 Å². The number of hydrogen-bond acceptors (Lipinski definition) is 3. The Hall–Kier alpha value is -1.27. The summed E-state index contributed by atoms with van der Waals surface area (Å²) >= 11 is 0. The molecule has 2 rings (SSSR count). The molecule has 1 unspecified atom stereocenters. The third-order valence-corrected chi connectivity index (χ3v) is 2.90. The quantitative estimate of drug-likeness (QED) is 0.836. The van der Waals surface area contributed by atoms with Gasteiger partial charge in [-0.2, -0.15) is 13.2 Å². The van der Waals surface area contributed by atoms with Gasteiger partial charge in [-0.1, -0.05) is 12.1 Å². The van der Waals surface area contributed by atoms with Crippen molar-refractivity contribution in [3.63, 3.8) is 0 Å². The topological polar surface area (TPSA) is 41.5 Å². The van der Waals surface area contributed by atoms with Gasteiger partial charge in [0.25, 0.3) is 0 Å². The molecule has 0 saturated heterocycles. The summed E-state index contributed by atoms with van der Waals surface area (Å²) in [5, 5.41) is 12.3. The second-order valence-corrected chi connectivity index (χ2v) is 4.63. The van der Waals surface area contributed by atoms with Gasteiger partial charge in [0.05, 0.1) is 18.2 Å². The second-order valence-electron chi connectivity index (χ2n) is 4.63. The minimum Gasteiger partial charge on any atom is -0.491 e. The minimum absolute atomic E-state index is 0.0140. The van der Waals surface area contributed by atoms with Crippen LogP contribution in [0.1, 0.15) is 18.4 Å². The average molecular weight is 275 g/mol. The van der Waals surface area contributed by atoms with E-state index in [1.165, 1.54) is 18.2 Å². The summed E-state index contributed by atoms with van der Waals surface area (Å²) in [6.07, 6.45) is -2.36. The number of para-hydroxylation sites is 1. The maximum absolute atomic E-state index is 12.7. The summed E-state index contributed by atoms with van der Waals surface area (Å²) in [5.41, 5.74) is -0.793. The summed E-state index contributed by atoms with van der Waals surface area (Å²) in [7, 11) is 0. The van der Waals surface area contributed by atoms with Crippen molar-refractivity contribution in [1.29, 1.82) is 0 Å². The fourth-order valence-corrected chi connectivity index (χ4v) is 1.75. The van der Waals surface area contributed by atoms with Crippen LogP contribution in [0.5, 0.6) is 5.75 Å². The van der Waals surface area contributed by atoms with E-state index < -0.39 is 11.7 Å². The lowest BCUT2D eigenvalue weighted by Crippen LogP contribution is -2.39. The summed E-state index contributed by atoms with van der Waals surface area (Å²) in [5.74, 6) is -0.203. The molecule has 0 bridgehead atoms. The zero-order chi connectivity index (χ0) is 13.9. The van der Waals surface area contributed by atoms with E-state index in [0.29, 0.717) is 6.04 Å². The first-order valence-corrected chi connectivity index (χ1v) is 6.16. The van der Waals surface area contributed by atoms with Crippen molar-refractivity contribution in [2.75, 3.05) is 13.2 Å². The third-order valence-electron chi connectivity index (χ3n) is 2.90. The Balaban J connectivity index is 1.97. The lowest BCUT2D eigenvalue weighted by atomic mass is 10.2. The van der Waals surface area contributed by atoms with Gasteiger partial charge in [-0.25, -0.2) is 0 Å². The standard InChI is InChI=1S/C13H16F3NO2/c14-13(15,16)11-3-1-2-4-12(11)19-8-10(7-18)17-9-5-6-9/h1-4,9-10,17-18H,5-8H2. The number of alkyl halides is 3. The van der Waals surface area contributed by atoms with E-state index in [0.717, 1.165) is 18.9 Å². The summed E-state index contributed by atoms with van der Waals surface area (Å²) in [6.45, 7) is -0.148. The molecule has 0 amide bonds. The highest BCUT2D eigenvalue weighted by atomic mass is 19.4. The minimum atomic E-state index is -4.44. The fourth-order valence-electron chi connectivity index (χ4n) is 1.75. The van der Waals surface area contributed by atoms with Crippen molar-refractivity contribution in [1.82, 2.24) is 5.32 Å². The van der Waals surface area contributed by atoms with Crippen LogP contribution in [-0.2, 0) is 6.18 Å². The molecule has 0 spiro atoms. The van der Waals surface area contributed by atoms with Gasteiger partial charge in [0, 0.05) is 6.04 Å². The summed E-state index contributed by atoms with van der Waals surface area (Å²) in [4.78, 5) is 0. The van der Waals surface area contributed by atoms with Gasteiger partial charge < -0.3 is 15.2 Å². The molecule has 0 radical (unpaired) electrons. The second kappa shape index (κ2) is 5.79. The molecule has 1 aromatic rings. The number of benzene rings is 1. The lowest BCUT2D eigenvalue weighted by molar-refractivity contribution is -0.139. The number of aliphatic hydroxyl groups excluding tert-OH is 1. The molecule has 1 aliphatic carbocycles. The molecule has 3 nitrogen and oxygen atoms in total. The van der Waals surface area contributed by atoms with Crippen LogP contribution >= 0.6 is 0 Å². The first kappa shape index (κ1) is 14.1. The van der Waals surface area contributed by atoms with Crippen LogP contribution in [0.2, 0.25) is 0 Å². The molecule has 0 heterocycles. The monoisotopic (exact) mass is 275 g/mol. The maximum Gasteiger partial charge on any atom is 0.419 e. The number of halogens is 3. The molecular formula is C13H16F3NO2. The average Bonchev–Trinajstić information content (AvgIpc) is 3.17. The Kier molecular flexibility index (Phi) is 4.31. The summed E-state index contributed by atoms with van der Waals surface area (Å²) < 4.78 is 43.4. The van der Waals surface area contributed by atoms with E-state index in [1.54, 1.807) is 0 Å². The largest absolute Gasteiger partial charge is 0.491 e. The molecule has 1 atom stereocenters. The van der Waals surface area contributed by atoms with Gasteiger partial charge in [-0.15, -0.1) is 0 Å². The Morgan fingerprint density at radius 2 is 2.00 bits per heavy atom. The van der Waals surface area contributed by atoms with Gasteiger partial charge in [0.15, 0.2) is 0 Å². The normalized spacial score (nSPS) is 17.3. The molecule has 2 N–H and O–H groups in total. The van der Waals surface area contributed by atoms with E-state index in [1.807, 2.05) is 0 Å². The van der Waals surface area contributed by atoms with Crippen molar-refractivity contribution in [3.8, 4) is 5.75 Å². The van der Waals surface area contributed by atoms with Crippen molar-refractivity contribution >= 4 is 0 Å². The molecule has 19 heavy (non-hydrogen) atoms. The summed E-state index contributed by atoms with van der Waals surface area (Å²) in [6, 6.07) is 5.10. The predicted octanol–water partition coefficient (Wildman–Crippen LogP) is 2.20. The highest BCUT2D eigenvalue weighted by Gasteiger charge is 2.34. The molecule has 6 heteroatoms.